The van der Waals surface area contributed by atoms with Crippen molar-refractivity contribution in [3.8, 4) is 0 Å². The first-order valence-corrected chi connectivity index (χ1v) is 10.5. The van der Waals surface area contributed by atoms with Crippen LogP contribution in [0.25, 0.3) is 10.9 Å². The van der Waals surface area contributed by atoms with E-state index in [9.17, 15) is 17.2 Å². The Bertz CT molecular complexity index is 1060. The van der Waals surface area contributed by atoms with E-state index in [1.54, 1.807) is 48.5 Å². The summed E-state index contributed by atoms with van der Waals surface area (Å²) >= 11 is 0. The maximum absolute atomic E-state index is 13.1. The topological polar surface area (TPSA) is 84.0 Å². The lowest BCUT2D eigenvalue weighted by molar-refractivity contribution is 0.141. The molecular weight excluding hydrogens is 386 g/mol. The number of aromatic nitrogens is 2. The number of benzene rings is 2. The van der Waals surface area contributed by atoms with Gasteiger partial charge >= 0.3 is 0 Å². The van der Waals surface area contributed by atoms with Gasteiger partial charge in [0.2, 0.25) is 10.0 Å². The van der Waals surface area contributed by atoms with Crippen LogP contribution in [0.5, 0.6) is 0 Å². The summed E-state index contributed by atoms with van der Waals surface area (Å²) in [6, 6.07) is 13.4. The van der Waals surface area contributed by atoms with E-state index in [-0.39, 0.29) is 11.6 Å². The molecule has 6 nitrogen and oxygen atoms in total. The fourth-order valence-electron chi connectivity index (χ4n) is 2.61. The number of rotatable bonds is 8. The molecule has 0 amide bonds. The molecule has 3 rings (SSSR count). The zero-order valence-corrected chi connectivity index (χ0v) is 16.0. The maximum Gasteiger partial charge on any atom is 0.297 e. The van der Waals surface area contributed by atoms with Gasteiger partial charge in [-0.1, -0.05) is 25.5 Å². The van der Waals surface area contributed by atoms with Crippen LogP contribution in [0.3, 0.4) is 0 Å². The highest BCUT2D eigenvalue weighted by Crippen LogP contribution is 2.27. The van der Waals surface area contributed by atoms with E-state index in [4.69, 9.17) is 0 Å². The highest BCUT2D eigenvalue weighted by Gasteiger charge is 2.15. The second-order valence-electron chi connectivity index (χ2n) is 6.23. The molecule has 0 unspecified atom stereocenters. The number of alkyl halides is 2. The van der Waals surface area contributed by atoms with Gasteiger partial charge in [0.25, 0.3) is 6.43 Å². The van der Waals surface area contributed by atoms with Gasteiger partial charge in [-0.05, 0) is 42.8 Å². The van der Waals surface area contributed by atoms with Crippen LogP contribution >= 0.6 is 0 Å². The molecule has 3 aromatic rings. The van der Waals surface area contributed by atoms with E-state index in [1.807, 2.05) is 6.92 Å². The summed E-state index contributed by atoms with van der Waals surface area (Å²) in [5.74, 6) is -0.231. The highest BCUT2D eigenvalue weighted by molar-refractivity contribution is 7.92. The van der Waals surface area contributed by atoms with Crippen LogP contribution in [0.1, 0.15) is 32.0 Å². The molecule has 0 aliphatic heterocycles. The smallest absolute Gasteiger partial charge is 0.297 e. The lowest BCUT2D eigenvalue weighted by Gasteiger charge is -2.12. The van der Waals surface area contributed by atoms with Crippen LogP contribution in [0.15, 0.2) is 48.5 Å². The van der Waals surface area contributed by atoms with Crippen molar-refractivity contribution in [2.24, 2.45) is 0 Å². The van der Waals surface area contributed by atoms with Gasteiger partial charge in [0.1, 0.15) is 5.82 Å². The van der Waals surface area contributed by atoms with Crippen molar-refractivity contribution in [2.45, 2.75) is 26.2 Å². The zero-order chi connectivity index (χ0) is 20.1. The summed E-state index contributed by atoms with van der Waals surface area (Å²) < 4.78 is 52.6. The minimum Gasteiger partial charge on any atom is -0.340 e. The lowest BCUT2D eigenvalue weighted by Crippen LogP contribution is -2.16. The van der Waals surface area contributed by atoms with Crippen molar-refractivity contribution in [1.29, 1.82) is 0 Å². The molecule has 2 N–H and O–H groups in total. The van der Waals surface area contributed by atoms with E-state index >= 15 is 0 Å². The summed E-state index contributed by atoms with van der Waals surface area (Å²) in [5.41, 5.74) is 1.43. The second-order valence-corrected chi connectivity index (χ2v) is 8.07. The molecule has 28 heavy (non-hydrogen) atoms. The molecule has 0 aliphatic rings. The minimum absolute atomic E-state index is 0.0623. The number of nitrogens with zero attached hydrogens (tertiary/aromatic N) is 2. The molecule has 0 saturated heterocycles. The van der Waals surface area contributed by atoms with Crippen molar-refractivity contribution in [2.75, 3.05) is 15.8 Å². The molecule has 1 heterocycles. The van der Waals surface area contributed by atoms with Crippen LogP contribution in [-0.4, -0.2) is 24.1 Å². The Morgan fingerprint density at radius 2 is 1.68 bits per heavy atom. The number of halogens is 2. The molecular formula is C19H20F2N4O2S. The Labute approximate surface area is 162 Å². The summed E-state index contributed by atoms with van der Waals surface area (Å²) in [6.07, 6.45) is -1.41. The van der Waals surface area contributed by atoms with Gasteiger partial charge in [0.15, 0.2) is 5.82 Å². The van der Waals surface area contributed by atoms with E-state index in [1.165, 1.54) is 0 Å². The number of fused-ring (bicyclic) bond motifs is 1. The van der Waals surface area contributed by atoms with Crippen molar-refractivity contribution in [3.05, 3.63) is 54.4 Å². The van der Waals surface area contributed by atoms with Gasteiger partial charge < -0.3 is 5.32 Å². The predicted octanol–water partition coefficient (Wildman–Crippen LogP) is 4.85. The summed E-state index contributed by atoms with van der Waals surface area (Å²) in [4.78, 5) is 7.81. The summed E-state index contributed by atoms with van der Waals surface area (Å²) in [6.45, 7) is 1.92. The fraction of sp³-hybridized carbons (Fsp3) is 0.263. The maximum atomic E-state index is 13.1. The Morgan fingerprint density at radius 3 is 2.36 bits per heavy atom. The van der Waals surface area contributed by atoms with Crippen molar-refractivity contribution < 1.29 is 17.2 Å². The standard InChI is InChI=1S/C19H20F2N4O2S/c1-2-3-12-28(26,27)25-14-10-8-13(9-11-14)22-18-15-6-4-5-7-16(15)23-19(24-18)17(20)21/h4-11,17,25H,2-3,12H2,1H3,(H,22,23,24). The van der Waals surface area contributed by atoms with Crippen LogP contribution in [0, 0.1) is 0 Å². The third-order valence-electron chi connectivity index (χ3n) is 4.00. The molecule has 1 aromatic heterocycles. The van der Waals surface area contributed by atoms with Gasteiger partial charge in [0.05, 0.1) is 11.3 Å². The first-order chi connectivity index (χ1) is 13.4. The molecule has 9 heteroatoms. The Kier molecular flexibility index (Phi) is 6.03. The van der Waals surface area contributed by atoms with Crippen molar-refractivity contribution in [1.82, 2.24) is 9.97 Å². The van der Waals surface area contributed by atoms with E-state index in [2.05, 4.69) is 20.0 Å². The van der Waals surface area contributed by atoms with E-state index in [0.717, 1.165) is 6.42 Å². The van der Waals surface area contributed by atoms with E-state index in [0.29, 0.717) is 28.7 Å². The van der Waals surface area contributed by atoms with Gasteiger partial charge in [-0.3, -0.25) is 4.72 Å². The van der Waals surface area contributed by atoms with E-state index < -0.39 is 22.3 Å². The zero-order valence-electron chi connectivity index (χ0n) is 15.2. The second kappa shape index (κ2) is 8.47. The molecule has 0 atom stereocenters. The fourth-order valence-corrected chi connectivity index (χ4v) is 3.88. The molecule has 0 aliphatic carbocycles. The molecule has 2 aromatic carbocycles. The highest BCUT2D eigenvalue weighted by atomic mass is 32.2. The predicted molar refractivity (Wildman–Crippen MR) is 107 cm³/mol. The lowest BCUT2D eigenvalue weighted by atomic mass is 10.2. The third-order valence-corrected chi connectivity index (χ3v) is 5.38. The first-order valence-electron chi connectivity index (χ1n) is 8.80. The Morgan fingerprint density at radius 1 is 1.00 bits per heavy atom. The normalized spacial score (nSPS) is 11.7. The molecule has 0 radical (unpaired) electrons. The number of anilines is 3. The van der Waals surface area contributed by atoms with Crippen LogP contribution in [0.2, 0.25) is 0 Å². The van der Waals surface area contributed by atoms with Gasteiger partial charge in [-0.25, -0.2) is 27.2 Å². The van der Waals surface area contributed by atoms with Gasteiger partial charge in [-0.2, -0.15) is 0 Å². The van der Waals surface area contributed by atoms with Crippen molar-refractivity contribution in [3.63, 3.8) is 0 Å². The number of para-hydroxylation sites is 1. The van der Waals surface area contributed by atoms with Gasteiger partial charge in [0, 0.05) is 16.8 Å². The average Bonchev–Trinajstić information content (AvgIpc) is 2.67. The quantitative estimate of drug-likeness (QED) is 0.559. The Balaban J connectivity index is 1.83. The summed E-state index contributed by atoms with van der Waals surface area (Å²) in [7, 11) is -3.39. The SMILES string of the molecule is CCCCS(=O)(=O)Nc1ccc(Nc2nc(C(F)F)nc3ccccc23)cc1. The van der Waals surface area contributed by atoms with Crippen molar-refractivity contribution >= 4 is 38.1 Å². The number of hydrogen-bond acceptors (Lipinski definition) is 5. The Hall–Kier alpha value is -2.81. The number of nitrogens with one attached hydrogen (secondary N) is 2. The number of sulfonamides is 1. The average molecular weight is 406 g/mol. The first kappa shape index (κ1) is 19.9. The van der Waals surface area contributed by atoms with Crippen LogP contribution in [0.4, 0.5) is 26.0 Å². The van der Waals surface area contributed by atoms with Crippen LogP contribution in [-0.2, 0) is 10.0 Å². The molecule has 0 fully saturated rings. The number of unbranched alkanes of at least 4 members (excludes halogenated alkanes) is 1. The molecule has 0 bridgehead atoms. The number of hydrogen-bond donors (Lipinski definition) is 2. The minimum atomic E-state index is -3.39. The largest absolute Gasteiger partial charge is 0.340 e. The molecule has 0 spiro atoms. The monoisotopic (exact) mass is 406 g/mol. The third kappa shape index (κ3) is 4.92. The molecule has 0 saturated carbocycles. The summed E-state index contributed by atoms with van der Waals surface area (Å²) in [5, 5.41) is 3.61. The molecule has 148 valence electrons. The van der Waals surface area contributed by atoms with Gasteiger partial charge in [-0.15, -0.1) is 0 Å². The van der Waals surface area contributed by atoms with Crippen LogP contribution < -0.4 is 10.0 Å².